The zero-order chi connectivity index (χ0) is 15.9. The Hall–Kier alpha value is -3.13. The maximum atomic E-state index is 12.7. The number of hydrogen-bond donors (Lipinski definition) is 2. The SMILES string of the molecule is NC(=O)c1ccc(C#CCNC(=O)c2ccc(F)cc2)cc1. The first-order chi connectivity index (χ1) is 10.6. The number of carbonyl (C=O) groups is 2. The third-order valence-electron chi connectivity index (χ3n) is 2.85. The molecule has 0 atom stereocenters. The summed E-state index contributed by atoms with van der Waals surface area (Å²) in [6, 6.07) is 11.8. The molecule has 0 aliphatic rings. The van der Waals surface area contributed by atoms with E-state index in [0.717, 1.165) is 0 Å². The number of primary amides is 1. The molecule has 22 heavy (non-hydrogen) atoms. The van der Waals surface area contributed by atoms with Gasteiger partial charge in [-0.1, -0.05) is 11.8 Å². The molecule has 4 nitrogen and oxygen atoms in total. The van der Waals surface area contributed by atoms with Crippen LogP contribution in [0.3, 0.4) is 0 Å². The van der Waals surface area contributed by atoms with Crippen molar-refractivity contribution >= 4 is 11.8 Å². The molecule has 0 radical (unpaired) electrons. The molecule has 2 rings (SSSR count). The zero-order valence-corrected chi connectivity index (χ0v) is 11.6. The van der Waals surface area contributed by atoms with Crippen LogP contribution in [0.2, 0.25) is 0 Å². The molecular weight excluding hydrogens is 283 g/mol. The van der Waals surface area contributed by atoms with Crippen LogP contribution in [0.15, 0.2) is 48.5 Å². The average molecular weight is 296 g/mol. The van der Waals surface area contributed by atoms with Crippen LogP contribution in [0, 0.1) is 17.7 Å². The number of nitrogens with two attached hydrogens (primary N) is 1. The van der Waals surface area contributed by atoms with Gasteiger partial charge in [0.25, 0.3) is 5.91 Å². The Morgan fingerprint density at radius 3 is 2.18 bits per heavy atom. The van der Waals surface area contributed by atoms with Crippen molar-refractivity contribution in [2.45, 2.75) is 0 Å². The van der Waals surface area contributed by atoms with E-state index in [1.54, 1.807) is 24.3 Å². The molecule has 2 aromatic carbocycles. The normalized spacial score (nSPS) is 9.50. The summed E-state index contributed by atoms with van der Waals surface area (Å²) in [6.45, 7) is 0.160. The molecule has 0 heterocycles. The van der Waals surface area contributed by atoms with Gasteiger partial charge in [-0.25, -0.2) is 4.39 Å². The number of benzene rings is 2. The second-order valence-electron chi connectivity index (χ2n) is 4.43. The molecule has 0 saturated heterocycles. The second-order valence-corrected chi connectivity index (χ2v) is 4.43. The Kier molecular flexibility index (Phi) is 4.89. The quantitative estimate of drug-likeness (QED) is 0.846. The van der Waals surface area contributed by atoms with E-state index >= 15 is 0 Å². The predicted octanol–water partition coefficient (Wildman–Crippen LogP) is 1.71. The van der Waals surface area contributed by atoms with Crippen LogP contribution in [-0.2, 0) is 0 Å². The Morgan fingerprint density at radius 1 is 1.00 bits per heavy atom. The van der Waals surface area contributed by atoms with Gasteiger partial charge in [0.2, 0.25) is 5.91 Å². The highest BCUT2D eigenvalue weighted by Gasteiger charge is 2.03. The lowest BCUT2D eigenvalue weighted by molar-refractivity contribution is 0.0957. The molecule has 0 aromatic heterocycles. The maximum absolute atomic E-state index is 12.7. The first-order valence-electron chi connectivity index (χ1n) is 6.49. The topological polar surface area (TPSA) is 72.2 Å². The smallest absolute Gasteiger partial charge is 0.252 e. The molecule has 0 aliphatic carbocycles. The standard InChI is InChI=1S/C17H13FN2O2/c18-15-9-7-14(8-10-15)17(22)20-11-1-2-12-3-5-13(6-4-12)16(19)21/h3-10H,11H2,(H2,19,21)(H,20,22). The van der Waals surface area contributed by atoms with Crippen molar-refractivity contribution in [3.8, 4) is 11.8 Å². The zero-order valence-electron chi connectivity index (χ0n) is 11.6. The van der Waals surface area contributed by atoms with Gasteiger partial charge in [0.1, 0.15) is 5.82 Å². The van der Waals surface area contributed by atoms with Crippen molar-refractivity contribution in [3.05, 3.63) is 71.0 Å². The van der Waals surface area contributed by atoms with Crippen LogP contribution in [0.1, 0.15) is 26.3 Å². The summed E-state index contributed by atoms with van der Waals surface area (Å²) >= 11 is 0. The van der Waals surface area contributed by atoms with Crippen LogP contribution >= 0.6 is 0 Å². The molecule has 0 spiro atoms. The number of nitrogens with one attached hydrogen (secondary N) is 1. The van der Waals surface area contributed by atoms with Crippen LogP contribution in [0.25, 0.3) is 0 Å². The Bertz CT molecular complexity index is 741. The summed E-state index contributed by atoms with van der Waals surface area (Å²) in [5.41, 5.74) is 6.63. The number of amides is 2. The molecule has 3 N–H and O–H groups in total. The van der Waals surface area contributed by atoms with E-state index < -0.39 is 11.7 Å². The van der Waals surface area contributed by atoms with Gasteiger partial charge < -0.3 is 11.1 Å². The lowest BCUT2D eigenvalue weighted by atomic mass is 10.1. The van der Waals surface area contributed by atoms with E-state index in [-0.39, 0.29) is 12.5 Å². The van der Waals surface area contributed by atoms with Gasteiger partial charge >= 0.3 is 0 Å². The lowest BCUT2D eigenvalue weighted by Crippen LogP contribution is -2.23. The van der Waals surface area contributed by atoms with E-state index in [4.69, 9.17) is 5.73 Å². The molecule has 0 bridgehead atoms. The van der Waals surface area contributed by atoms with Crippen LogP contribution in [0.5, 0.6) is 0 Å². The van der Waals surface area contributed by atoms with Crippen LogP contribution < -0.4 is 11.1 Å². The summed E-state index contributed by atoms with van der Waals surface area (Å²) in [6.07, 6.45) is 0. The molecule has 2 aromatic rings. The minimum atomic E-state index is -0.494. The number of carbonyl (C=O) groups excluding carboxylic acids is 2. The summed E-state index contributed by atoms with van der Waals surface area (Å²) in [7, 11) is 0. The summed E-state index contributed by atoms with van der Waals surface area (Å²) in [4.78, 5) is 22.7. The lowest BCUT2D eigenvalue weighted by Gasteiger charge is -2.00. The fraction of sp³-hybridized carbons (Fsp3) is 0.0588. The third-order valence-corrected chi connectivity index (χ3v) is 2.85. The minimum Gasteiger partial charge on any atom is -0.366 e. The predicted molar refractivity (Wildman–Crippen MR) is 80.6 cm³/mol. The highest BCUT2D eigenvalue weighted by molar-refractivity contribution is 5.94. The van der Waals surface area contributed by atoms with Crippen molar-refractivity contribution in [2.75, 3.05) is 6.54 Å². The minimum absolute atomic E-state index is 0.160. The molecule has 5 heteroatoms. The second kappa shape index (κ2) is 7.04. The van der Waals surface area contributed by atoms with E-state index in [1.165, 1.54) is 24.3 Å². The van der Waals surface area contributed by atoms with Gasteiger partial charge in [-0.05, 0) is 48.5 Å². The Labute approximate surface area is 127 Å². The number of halogens is 1. The van der Waals surface area contributed by atoms with Crippen molar-refractivity contribution in [1.82, 2.24) is 5.32 Å². The average Bonchev–Trinajstić information content (AvgIpc) is 2.52. The van der Waals surface area contributed by atoms with E-state index in [9.17, 15) is 14.0 Å². The molecule has 2 amide bonds. The van der Waals surface area contributed by atoms with Gasteiger partial charge in [0, 0.05) is 16.7 Å². The maximum Gasteiger partial charge on any atom is 0.252 e. The van der Waals surface area contributed by atoms with Crippen LogP contribution in [0.4, 0.5) is 4.39 Å². The molecule has 0 fully saturated rings. The van der Waals surface area contributed by atoms with Gasteiger partial charge in [0.15, 0.2) is 0 Å². The van der Waals surface area contributed by atoms with E-state index in [0.29, 0.717) is 16.7 Å². The van der Waals surface area contributed by atoms with Crippen molar-refractivity contribution in [3.63, 3.8) is 0 Å². The van der Waals surface area contributed by atoms with Crippen molar-refractivity contribution < 1.29 is 14.0 Å². The number of hydrogen-bond acceptors (Lipinski definition) is 2. The fourth-order valence-corrected chi connectivity index (χ4v) is 1.69. The van der Waals surface area contributed by atoms with Gasteiger partial charge in [-0.15, -0.1) is 0 Å². The summed E-state index contributed by atoms with van der Waals surface area (Å²) in [5, 5.41) is 2.61. The van der Waals surface area contributed by atoms with Crippen molar-refractivity contribution in [1.29, 1.82) is 0 Å². The fourth-order valence-electron chi connectivity index (χ4n) is 1.69. The van der Waals surface area contributed by atoms with Gasteiger partial charge in [0.05, 0.1) is 6.54 Å². The molecule has 110 valence electrons. The van der Waals surface area contributed by atoms with E-state index in [1.807, 2.05) is 0 Å². The third kappa shape index (κ3) is 4.18. The molecular formula is C17H13FN2O2. The highest BCUT2D eigenvalue weighted by Crippen LogP contribution is 2.03. The molecule has 0 saturated carbocycles. The molecule has 0 unspecified atom stereocenters. The van der Waals surface area contributed by atoms with Crippen molar-refractivity contribution in [2.24, 2.45) is 5.73 Å². The van der Waals surface area contributed by atoms with Gasteiger partial charge in [-0.3, -0.25) is 9.59 Å². The van der Waals surface area contributed by atoms with Crippen LogP contribution in [-0.4, -0.2) is 18.4 Å². The Morgan fingerprint density at radius 2 is 1.59 bits per heavy atom. The molecule has 0 aliphatic heterocycles. The number of rotatable bonds is 3. The highest BCUT2D eigenvalue weighted by atomic mass is 19.1. The Balaban J connectivity index is 1.89. The summed E-state index contributed by atoms with van der Waals surface area (Å²) in [5.74, 6) is 4.43. The largest absolute Gasteiger partial charge is 0.366 e. The van der Waals surface area contributed by atoms with Gasteiger partial charge in [-0.2, -0.15) is 0 Å². The first-order valence-corrected chi connectivity index (χ1v) is 6.49. The summed E-state index contributed by atoms with van der Waals surface area (Å²) < 4.78 is 12.7. The monoisotopic (exact) mass is 296 g/mol. The first kappa shape index (κ1) is 15.3. The van der Waals surface area contributed by atoms with E-state index in [2.05, 4.69) is 17.2 Å².